The molecule has 0 aromatic rings. The first-order valence-corrected chi connectivity index (χ1v) is 18.5. The standard InChI is InChI=1S/C39H70O5/c1-3-5-7-9-11-13-15-17-19-21-23-25-27-29-31-33-38(41)43-36-37(35-40)44-39(42)34-32-30-28-26-24-22-20-18-16-14-12-10-8-6-4-2/h11,13,17,19,23,25,37,40H,3-10,12,14-16,18,20-22,24,26-36H2,1-2H3. The maximum absolute atomic E-state index is 12.1. The van der Waals surface area contributed by atoms with Crippen molar-refractivity contribution in [2.24, 2.45) is 0 Å². The number of hydrogen-bond donors (Lipinski definition) is 1. The third kappa shape index (κ3) is 33.0. The molecule has 0 aliphatic rings. The highest BCUT2D eigenvalue weighted by atomic mass is 16.6. The summed E-state index contributed by atoms with van der Waals surface area (Å²) in [6.45, 7) is 4.07. The van der Waals surface area contributed by atoms with E-state index in [0.717, 1.165) is 51.4 Å². The van der Waals surface area contributed by atoms with Crippen molar-refractivity contribution in [2.75, 3.05) is 13.2 Å². The van der Waals surface area contributed by atoms with Gasteiger partial charge in [-0.25, -0.2) is 0 Å². The quantitative estimate of drug-likeness (QED) is 0.0450. The Morgan fingerprint density at radius 1 is 0.523 bits per heavy atom. The van der Waals surface area contributed by atoms with Crippen molar-refractivity contribution in [1.82, 2.24) is 0 Å². The molecule has 44 heavy (non-hydrogen) atoms. The summed E-state index contributed by atoms with van der Waals surface area (Å²) in [6, 6.07) is 0. The molecule has 0 saturated carbocycles. The van der Waals surface area contributed by atoms with Crippen LogP contribution in [0.15, 0.2) is 36.5 Å². The van der Waals surface area contributed by atoms with E-state index >= 15 is 0 Å². The highest BCUT2D eigenvalue weighted by Crippen LogP contribution is 2.14. The first-order chi connectivity index (χ1) is 21.6. The zero-order valence-corrected chi connectivity index (χ0v) is 28.9. The van der Waals surface area contributed by atoms with Crippen molar-refractivity contribution in [3.63, 3.8) is 0 Å². The van der Waals surface area contributed by atoms with Crippen LogP contribution in [-0.4, -0.2) is 36.4 Å². The minimum atomic E-state index is -0.782. The summed E-state index contributed by atoms with van der Waals surface area (Å²) in [4.78, 5) is 24.2. The van der Waals surface area contributed by atoms with Crippen molar-refractivity contribution in [2.45, 2.75) is 187 Å². The van der Waals surface area contributed by atoms with Crippen molar-refractivity contribution in [1.29, 1.82) is 0 Å². The smallest absolute Gasteiger partial charge is 0.306 e. The molecule has 1 N–H and O–H groups in total. The number of aliphatic hydroxyl groups excluding tert-OH is 1. The van der Waals surface area contributed by atoms with Gasteiger partial charge in [-0.3, -0.25) is 9.59 Å². The Kier molecular flexibility index (Phi) is 34.1. The fourth-order valence-electron chi connectivity index (χ4n) is 5.09. The van der Waals surface area contributed by atoms with Crippen LogP contribution in [0.25, 0.3) is 0 Å². The van der Waals surface area contributed by atoms with Crippen LogP contribution < -0.4 is 0 Å². The summed E-state index contributed by atoms with van der Waals surface area (Å²) < 4.78 is 10.6. The largest absolute Gasteiger partial charge is 0.462 e. The van der Waals surface area contributed by atoms with Gasteiger partial charge in [0.2, 0.25) is 0 Å². The number of ether oxygens (including phenoxy) is 2. The molecule has 0 aliphatic carbocycles. The van der Waals surface area contributed by atoms with Crippen LogP contribution in [0.2, 0.25) is 0 Å². The summed E-state index contributed by atoms with van der Waals surface area (Å²) in [5.74, 6) is -0.633. The fourth-order valence-corrected chi connectivity index (χ4v) is 5.09. The average Bonchev–Trinajstić information content (AvgIpc) is 3.02. The molecule has 0 saturated heterocycles. The van der Waals surface area contributed by atoms with Gasteiger partial charge < -0.3 is 14.6 Å². The Bertz CT molecular complexity index is 711. The van der Waals surface area contributed by atoms with E-state index in [4.69, 9.17) is 9.47 Å². The number of unbranched alkanes of at least 4 members (excludes halogenated alkanes) is 19. The molecule has 256 valence electrons. The second-order valence-corrected chi connectivity index (χ2v) is 12.3. The lowest BCUT2D eigenvalue weighted by Gasteiger charge is -2.15. The Labute approximate surface area is 272 Å². The van der Waals surface area contributed by atoms with E-state index in [-0.39, 0.29) is 25.2 Å². The van der Waals surface area contributed by atoms with Gasteiger partial charge in [-0.05, 0) is 51.4 Å². The molecular formula is C39H70O5. The third-order valence-electron chi connectivity index (χ3n) is 7.94. The summed E-state index contributed by atoms with van der Waals surface area (Å²) in [5.41, 5.74) is 0. The minimum Gasteiger partial charge on any atom is -0.462 e. The number of allylic oxidation sites excluding steroid dienone is 6. The van der Waals surface area contributed by atoms with Crippen molar-refractivity contribution >= 4 is 11.9 Å². The molecule has 1 atom stereocenters. The van der Waals surface area contributed by atoms with Gasteiger partial charge in [0.1, 0.15) is 6.61 Å². The van der Waals surface area contributed by atoms with E-state index in [2.05, 4.69) is 50.3 Å². The van der Waals surface area contributed by atoms with Gasteiger partial charge in [-0.2, -0.15) is 0 Å². The highest BCUT2D eigenvalue weighted by Gasteiger charge is 2.16. The van der Waals surface area contributed by atoms with Crippen LogP contribution in [0.1, 0.15) is 181 Å². The lowest BCUT2D eigenvalue weighted by molar-refractivity contribution is -0.161. The average molecular weight is 619 g/mol. The van der Waals surface area contributed by atoms with Crippen molar-refractivity contribution < 1.29 is 24.2 Å². The SMILES string of the molecule is CCCCCC=CCC=CCC=CCCCCC(=O)OCC(CO)OC(=O)CCCCCCCCCCCCCCCCC. The Balaban J connectivity index is 3.62. The molecule has 5 nitrogen and oxygen atoms in total. The van der Waals surface area contributed by atoms with Gasteiger partial charge in [0.05, 0.1) is 6.61 Å². The predicted octanol–water partition coefficient (Wildman–Crippen LogP) is 11.3. The maximum atomic E-state index is 12.1. The van der Waals surface area contributed by atoms with Gasteiger partial charge in [-0.1, -0.05) is 153 Å². The second kappa shape index (κ2) is 35.6. The Morgan fingerprint density at radius 2 is 0.909 bits per heavy atom. The molecule has 0 bridgehead atoms. The van der Waals surface area contributed by atoms with E-state index in [1.165, 1.54) is 103 Å². The summed E-state index contributed by atoms with van der Waals surface area (Å²) in [7, 11) is 0. The van der Waals surface area contributed by atoms with E-state index in [1.807, 2.05) is 0 Å². The van der Waals surface area contributed by atoms with Gasteiger partial charge in [0, 0.05) is 12.8 Å². The summed E-state index contributed by atoms with van der Waals surface area (Å²) >= 11 is 0. The van der Waals surface area contributed by atoms with Crippen molar-refractivity contribution in [3.05, 3.63) is 36.5 Å². The Hall–Kier alpha value is -1.88. The topological polar surface area (TPSA) is 72.8 Å². The van der Waals surface area contributed by atoms with Crippen LogP contribution >= 0.6 is 0 Å². The predicted molar refractivity (Wildman–Crippen MR) is 187 cm³/mol. The number of aliphatic hydroxyl groups is 1. The van der Waals surface area contributed by atoms with Crippen LogP contribution in [0.5, 0.6) is 0 Å². The molecular weight excluding hydrogens is 548 g/mol. The molecule has 0 aromatic heterocycles. The number of carbonyl (C=O) groups is 2. The van der Waals surface area contributed by atoms with E-state index in [0.29, 0.717) is 12.8 Å². The molecule has 0 radical (unpaired) electrons. The second-order valence-electron chi connectivity index (χ2n) is 12.3. The van der Waals surface area contributed by atoms with Crippen LogP contribution in [-0.2, 0) is 19.1 Å². The molecule has 0 fully saturated rings. The Morgan fingerprint density at radius 3 is 1.41 bits per heavy atom. The molecule has 5 heteroatoms. The highest BCUT2D eigenvalue weighted by molar-refractivity contribution is 5.70. The van der Waals surface area contributed by atoms with Gasteiger partial charge in [0.25, 0.3) is 0 Å². The van der Waals surface area contributed by atoms with Gasteiger partial charge in [0.15, 0.2) is 6.10 Å². The molecule has 0 rings (SSSR count). The van der Waals surface area contributed by atoms with Crippen LogP contribution in [0.3, 0.4) is 0 Å². The van der Waals surface area contributed by atoms with E-state index < -0.39 is 6.10 Å². The summed E-state index contributed by atoms with van der Waals surface area (Å²) in [5, 5.41) is 9.52. The third-order valence-corrected chi connectivity index (χ3v) is 7.94. The molecule has 0 aliphatic heterocycles. The van der Waals surface area contributed by atoms with Crippen molar-refractivity contribution in [3.8, 4) is 0 Å². The number of carbonyl (C=O) groups excluding carboxylic acids is 2. The van der Waals surface area contributed by atoms with Gasteiger partial charge >= 0.3 is 11.9 Å². The van der Waals surface area contributed by atoms with E-state index in [9.17, 15) is 14.7 Å². The molecule has 1 unspecified atom stereocenters. The van der Waals surface area contributed by atoms with Crippen LogP contribution in [0.4, 0.5) is 0 Å². The minimum absolute atomic E-state index is 0.0832. The normalized spacial score (nSPS) is 12.5. The number of hydrogen-bond acceptors (Lipinski definition) is 5. The zero-order chi connectivity index (χ0) is 32.2. The zero-order valence-electron chi connectivity index (χ0n) is 28.9. The molecule has 0 amide bonds. The number of esters is 2. The first kappa shape index (κ1) is 42.1. The lowest BCUT2D eigenvalue weighted by atomic mass is 10.0. The number of rotatable bonds is 33. The fraction of sp³-hybridized carbons (Fsp3) is 0.795. The van der Waals surface area contributed by atoms with Gasteiger partial charge in [-0.15, -0.1) is 0 Å². The molecule has 0 aromatic carbocycles. The molecule has 0 spiro atoms. The molecule has 0 heterocycles. The first-order valence-electron chi connectivity index (χ1n) is 18.5. The lowest BCUT2D eigenvalue weighted by Crippen LogP contribution is -2.28. The summed E-state index contributed by atoms with van der Waals surface area (Å²) in [6.07, 6.45) is 42.0. The van der Waals surface area contributed by atoms with Crippen LogP contribution in [0, 0.1) is 0 Å². The van der Waals surface area contributed by atoms with E-state index in [1.54, 1.807) is 0 Å². The maximum Gasteiger partial charge on any atom is 0.306 e. The monoisotopic (exact) mass is 619 g/mol.